The molecule has 1 aromatic rings. The number of anilines is 1. The van der Waals surface area contributed by atoms with Crippen LogP contribution in [0.3, 0.4) is 0 Å². The Morgan fingerprint density at radius 1 is 1.56 bits per heavy atom. The largest absolute Gasteiger partial charge is 0.390 e. The Balaban J connectivity index is 2.07. The summed E-state index contributed by atoms with van der Waals surface area (Å²) in [6, 6.07) is 0.346. The Morgan fingerprint density at radius 3 is 2.88 bits per heavy atom. The van der Waals surface area contributed by atoms with Gasteiger partial charge in [-0.25, -0.2) is 4.39 Å². The van der Waals surface area contributed by atoms with Crippen LogP contribution >= 0.6 is 0 Å². The molecule has 0 amide bonds. The van der Waals surface area contributed by atoms with Crippen LogP contribution in [0.2, 0.25) is 0 Å². The fourth-order valence-electron chi connectivity index (χ4n) is 1.66. The van der Waals surface area contributed by atoms with Gasteiger partial charge in [-0.3, -0.25) is 0 Å². The average Bonchev–Trinajstić information content (AvgIpc) is 2.71. The first-order chi connectivity index (χ1) is 7.58. The third-order valence-corrected chi connectivity index (χ3v) is 2.73. The van der Waals surface area contributed by atoms with Gasteiger partial charge < -0.3 is 14.5 Å². The first-order valence-electron chi connectivity index (χ1n) is 5.48. The van der Waals surface area contributed by atoms with Crippen LogP contribution in [-0.4, -0.2) is 40.6 Å². The molecule has 0 bridgehead atoms. The Hall–Kier alpha value is -1.17. The quantitative estimate of drug-likeness (QED) is 0.822. The van der Waals surface area contributed by atoms with Crippen molar-refractivity contribution >= 4 is 6.01 Å². The molecule has 1 aliphatic rings. The van der Waals surface area contributed by atoms with Gasteiger partial charge in [0.05, 0.1) is 12.6 Å². The van der Waals surface area contributed by atoms with Gasteiger partial charge in [-0.05, 0) is 6.42 Å². The smallest absolute Gasteiger partial charge is 0.324 e. The normalized spacial score (nSPS) is 26.4. The molecule has 1 aliphatic heterocycles. The summed E-state index contributed by atoms with van der Waals surface area (Å²) in [5.41, 5.74) is 0. The van der Waals surface area contributed by atoms with Crippen LogP contribution < -0.4 is 4.90 Å². The highest BCUT2D eigenvalue weighted by molar-refractivity contribution is 5.27. The number of alkyl halides is 1. The predicted octanol–water partition coefficient (Wildman–Crippen LogP) is 1.10. The number of hydrogen-bond acceptors (Lipinski definition) is 5. The zero-order valence-corrected chi connectivity index (χ0v) is 9.43. The Labute approximate surface area is 93.2 Å². The van der Waals surface area contributed by atoms with Crippen molar-refractivity contribution in [3.8, 4) is 0 Å². The van der Waals surface area contributed by atoms with Crippen molar-refractivity contribution in [2.24, 2.45) is 0 Å². The monoisotopic (exact) mass is 229 g/mol. The lowest BCUT2D eigenvalue weighted by atomic mass is 10.1. The second-order valence-electron chi connectivity index (χ2n) is 4.41. The number of rotatable bonds is 2. The van der Waals surface area contributed by atoms with Crippen LogP contribution in [0.25, 0.3) is 0 Å². The van der Waals surface area contributed by atoms with E-state index in [-0.39, 0.29) is 12.5 Å². The molecule has 2 atom stereocenters. The van der Waals surface area contributed by atoms with Crippen molar-refractivity contribution in [1.29, 1.82) is 0 Å². The fourth-order valence-corrected chi connectivity index (χ4v) is 1.66. The van der Waals surface area contributed by atoms with E-state index >= 15 is 0 Å². The molecule has 90 valence electrons. The van der Waals surface area contributed by atoms with Gasteiger partial charge in [0.1, 0.15) is 6.17 Å². The van der Waals surface area contributed by atoms with E-state index in [1.54, 1.807) is 4.90 Å². The Bertz CT molecular complexity index is 356. The van der Waals surface area contributed by atoms with E-state index in [1.807, 2.05) is 13.8 Å². The minimum Gasteiger partial charge on any atom is -0.390 e. The molecule has 5 nitrogen and oxygen atoms in total. The molecule has 1 N–H and O–H groups in total. The first-order valence-corrected chi connectivity index (χ1v) is 5.48. The zero-order chi connectivity index (χ0) is 11.7. The maximum atomic E-state index is 13.3. The topological polar surface area (TPSA) is 62.4 Å². The standard InChI is InChI=1S/C10H16FN3O2/c1-6(2)9-12-10(16-13-9)14-4-3-8(15)7(11)5-14/h6-8,15H,3-5H2,1-2H3. The summed E-state index contributed by atoms with van der Waals surface area (Å²) < 4.78 is 18.4. The zero-order valence-electron chi connectivity index (χ0n) is 9.43. The van der Waals surface area contributed by atoms with Crippen LogP contribution in [0, 0.1) is 0 Å². The van der Waals surface area contributed by atoms with E-state index < -0.39 is 12.3 Å². The van der Waals surface area contributed by atoms with Gasteiger partial charge >= 0.3 is 6.01 Å². The fraction of sp³-hybridized carbons (Fsp3) is 0.800. The van der Waals surface area contributed by atoms with E-state index in [1.165, 1.54) is 0 Å². The van der Waals surface area contributed by atoms with E-state index in [9.17, 15) is 9.50 Å². The van der Waals surface area contributed by atoms with Crippen LogP contribution in [0.5, 0.6) is 0 Å². The lowest BCUT2D eigenvalue weighted by Gasteiger charge is -2.30. The number of aromatic nitrogens is 2. The van der Waals surface area contributed by atoms with Crippen LogP contribution in [-0.2, 0) is 0 Å². The predicted molar refractivity (Wildman–Crippen MR) is 56.1 cm³/mol. The molecule has 0 aliphatic carbocycles. The third-order valence-electron chi connectivity index (χ3n) is 2.73. The van der Waals surface area contributed by atoms with E-state index in [4.69, 9.17) is 4.52 Å². The summed E-state index contributed by atoms with van der Waals surface area (Å²) in [6.45, 7) is 4.58. The summed E-state index contributed by atoms with van der Waals surface area (Å²) in [5, 5.41) is 13.1. The minimum atomic E-state index is -1.25. The average molecular weight is 229 g/mol. The van der Waals surface area contributed by atoms with Gasteiger partial charge in [0.25, 0.3) is 0 Å². The van der Waals surface area contributed by atoms with Crippen molar-refractivity contribution in [3.05, 3.63) is 5.82 Å². The molecule has 6 heteroatoms. The molecule has 1 saturated heterocycles. The molecule has 16 heavy (non-hydrogen) atoms. The van der Waals surface area contributed by atoms with Crippen molar-refractivity contribution in [1.82, 2.24) is 10.1 Å². The van der Waals surface area contributed by atoms with Crippen LogP contribution in [0.15, 0.2) is 4.52 Å². The molecule has 0 radical (unpaired) electrons. The molecule has 2 heterocycles. The molecule has 2 rings (SSSR count). The number of aliphatic hydroxyl groups excluding tert-OH is 1. The Kier molecular flexibility index (Phi) is 3.09. The van der Waals surface area contributed by atoms with Gasteiger partial charge in [-0.2, -0.15) is 4.98 Å². The minimum absolute atomic E-state index is 0.112. The highest BCUT2D eigenvalue weighted by atomic mass is 19.1. The van der Waals surface area contributed by atoms with E-state index in [0.29, 0.717) is 24.8 Å². The maximum Gasteiger partial charge on any atom is 0.324 e. The summed E-state index contributed by atoms with van der Waals surface area (Å²) in [4.78, 5) is 5.87. The first kappa shape index (κ1) is 11.3. The molecule has 1 fully saturated rings. The van der Waals surface area contributed by atoms with Gasteiger partial charge in [-0.15, -0.1) is 0 Å². The molecular weight excluding hydrogens is 213 g/mol. The highest BCUT2D eigenvalue weighted by Gasteiger charge is 2.30. The Morgan fingerprint density at radius 2 is 2.31 bits per heavy atom. The second-order valence-corrected chi connectivity index (χ2v) is 4.41. The molecule has 0 aromatic carbocycles. The number of aliphatic hydroxyl groups is 1. The van der Waals surface area contributed by atoms with E-state index in [0.717, 1.165) is 0 Å². The van der Waals surface area contributed by atoms with Gasteiger partial charge in [0.2, 0.25) is 0 Å². The summed E-state index contributed by atoms with van der Waals surface area (Å²) in [7, 11) is 0. The number of hydrogen-bond donors (Lipinski definition) is 1. The maximum absolute atomic E-state index is 13.3. The number of halogens is 1. The molecule has 0 saturated carbocycles. The second kappa shape index (κ2) is 4.37. The van der Waals surface area contributed by atoms with Crippen molar-refractivity contribution in [2.75, 3.05) is 18.0 Å². The van der Waals surface area contributed by atoms with Gasteiger partial charge in [0, 0.05) is 12.5 Å². The van der Waals surface area contributed by atoms with Gasteiger partial charge in [0.15, 0.2) is 5.82 Å². The van der Waals surface area contributed by atoms with Crippen molar-refractivity contribution in [3.63, 3.8) is 0 Å². The van der Waals surface area contributed by atoms with Gasteiger partial charge in [-0.1, -0.05) is 19.0 Å². The van der Waals surface area contributed by atoms with Crippen molar-refractivity contribution in [2.45, 2.75) is 38.5 Å². The van der Waals surface area contributed by atoms with Crippen LogP contribution in [0.4, 0.5) is 10.4 Å². The lowest BCUT2D eigenvalue weighted by molar-refractivity contribution is 0.0600. The third kappa shape index (κ3) is 2.16. The van der Waals surface area contributed by atoms with Crippen molar-refractivity contribution < 1.29 is 14.0 Å². The summed E-state index contributed by atoms with van der Waals surface area (Å²) in [6.07, 6.45) is -1.73. The number of piperidine rings is 1. The number of nitrogens with zero attached hydrogens (tertiary/aromatic N) is 3. The molecule has 0 spiro atoms. The molecule has 2 unspecified atom stereocenters. The van der Waals surface area contributed by atoms with Crippen LogP contribution in [0.1, 0.15) is 32.0 Å². The summed E-state index contributed by atoms with van der Waals surface area (Å²) >= 11 is 0. The lowest BCUT2D eigenvalue weighted by Crippen LogP contribution is -2.44. The summed E-state index contributed by atoms with van der Waals surface area (Å²) in [5.74, 6) is 0.811. The van der Waals surface area contributed by atoms with E-state index in [2.05, 4.69) is 10.1 Å². The molecule has 1 aromatic heterocycles. The molecular formula is C10H16FN3O2. The SMILES string of the molecule is CC(C)c1noc(N2CCC(O)C(F)C2)n1. The highest BCUT2D eigenvalue weighted by Crippen LogP contribution is 2.21.